The van der Waals surface area contributed by atoms with Crippen LogP contribution in [0.4, 0.5) is 0 Å². The second kappa shape index (κ2) is 6.63. The van der Waals surface area contributed by atoms with Gasteiger partial charge in [0.2, 0.25) is 0 Å². The first-order valence-corrected chi connectivity index (χ1v) is 7.99. The van der Waals surface area contributed by atoms with E-state index in [1.165, 1.54) is 0 Å². The van der Waals surface area contributed by atoms with Crippen LogP contribution in [0.25, 0.3) is 11.0 Å². The summed E-state index contributed by atoms with van der Waals surface area (Å²) in [4.78, 5) is 12.2. The normalized spacial score (nSPS) is 10.9. The van der Waals surface area contributed by atoms with E-state index >= 15 is 0 Å². The Balaban J connectivity index is 1.64. The highest BCUT2D eigenvalue weighted by molar-refractivity contribution is 7.99. The summed E-state index contributed by atoms with van der Waals surface area (Å²) in [6.45, 7) is 2.65. The summed E-state index contributed by atoms with van der Waals surface area (Å²) in [5.74, 6) is 1.83. The van der Waals surface area contributed by atoms with Crippen LogP contribution in [-0.2, 0) is 6.42 Å². The van der Waals surface area contributed by atoms with Gasteiger partial charge in [-0.25, -0.2) is 4.98 Å². The molecule has 0 aliphatic carbocycles. The first-order chi connectivity index (χ1) is 10.3. The van der Waals surface area contributed by atoms with Gasteiger partial charge in [-0.15, -0.1) is 0 Å². The number of aryl methyl sites for hydroxylation is 1. The van der Waals surface area contributed by atoms with Crippen molar-refractivity contribution in [3.63, 3.8) is 0 Å². The van der Waals surface area contributed by atoms with Crippen LogP contribution in [0.5, 0.6) is 5.75 Å². The second-order valence-electron chi connectivity index (χ2n) is 4.57. The largest absolute Gasteiger partial charge is 0.494 e. The molecule has 1 aromatic carbocycles. The molecule has 0 unspecified atom stereocenters. The Morgan fingerprint density at radius 1 is 1.24 bits per heavy atom. The average Bonchev–Trinajstić information content (AvgIpc) is 2.91. The molecule has 4 nitrogen and oxygen atoms in total. The number of pyridine rings is 1. The number of ether oxygens (including phenoxy) is 1. The van der Waals surface area contributed by atoms with Crippen molar-refractivity contribution in [2.45, 2.75) is 18.5 Å². The number of rotatable bonds is 6. The van der Waals surface area contributed by atoms with Gasteiger partial charge in [-0.05, 0) is 37.6 Å². The maximum atomic E-state index is 5.50. The molecule has 21 heavy (non-hydrogen) atoms. The third-order valence-electron chi connectivity index (χ3n) is 3.07. The number of aromatic amines is 1. The number of hydrogen-bond donors (Lipinski definition) is 1. The maximum Gasteiger partial charge on any atom is 0.166 e. The molecule has 0 aliphatic rings. The number of benzene rings is 1. The summed E-state index contributed by atoms with van der Waals surface area (Å²) < 4.78 is 5.50. The summed E-state index contributed by atoms with van der Waals surface area (Å²) in [7, 11) is 0. The van der Waals surface area contributed by atoms with E-state index < -0.39 is 0 Å². The minimum Gasteiger partial charge on any atom is -0.494 e. The van der Waals surface area contributed by atoms with E-state index in [0.717, 1.165) is 39.8 Å². The van der Waals surface area contributed by atoms with Gasteiger partial charge in [-0.1, -0.05) is 17.8 Å². The molecule has 0 aliphatic heterocycles. The SMILES string of the molecule is CCOc1ccc2nc(SCCc3ccccn3)[nH]c2c1. The number of fused-ring (bicyclic) bond motifs is 1. The standard InChI is InChI=1S/C16H17N3OS/c1-2-20-13-6-7-14-15(11-13)19-16(18-14)21-10-8-12-5-3-4-9-17-12/h3-7,9,11H,2,8,10H2,1H3,(H,18,19). The molecule has 3 rings (SSSR count). The second-order valence-corrected chi connectivity index (χ2v) is 5.66. The van der Waals surface area contributed by atoms with Gasteiger partial charge in [0.25, 0.3) is 0 Å². The minimum absolute atomic E-state index is 0.672. The smallest absolute Gasteiger partial charge is 0.166 e. The summed E-state index contributed by atoms with van der Waals surface area (Å²) in [6.07, 6.45) is 2.77. The molecule has 3 aromatic rings. The summed E-state index contributed by atoms with van der Waals surface area (Å²) in [5, 5.41) is 0.939. The highest BCUT2D eigenvalue weighted by atomic mass is 32.2. The van der Waals surface area contributed by atoms with Crippen LogP contribution < -0.4 is 4.74 Å². The molecule has 1 N–H and O–H groups in total. The predicted octanol–water partition coefficient (Wildman–Crippen LogP) is 3.69. The van der Waals surface area contributed by atoms with Crippen LogP contribution in [0.1, 0.15) is 12.6 Å². The van der Waals surface area contributed by atoms with E-state index in [9.17, 15) is 0 Å². The van der Waals surface area contributed by atoms with Crippen molar-refractivity contribution in [1.29, 1.82) is 0 Å². The van der Waals surface area contributed by atoms with E-state index in [1.54, 1.807) is 11.8 Å². The van der Waals surface area contributed by atoms with E-state index in [2.05, 4.69) is 15.0 Å². The molecule has 0 bridgehead atoms. The fourth-order valence-corrected chi connectivity index (χ4v) is 2.94. The Hall–Kier alpha value is -2.01. The number of aromatic nitrogens is 3. The number of nitrogens with one attached hydrogen (secondary N) is 1. The van der Waals surface area contributed by atoms with Crippen LogP contribution in [0.2, 0.25) is 0 Å². The van der Waals surface area contributed by atoms with Gasteiger partial charge in [-0.2, -0.15) is 0 Å². The van der Waals surface area contributed by atoms with Gasteiger partial charge in [-0.3, -0.25) is 4.98 Å². The lowest BCUT2D eigenvalue weighted by Gasteiger charge is -2.00. The first kappa shape index (κ1) is 13.9. The zero-order chi connectivity index (χ0) is 14.5. The van der Waals surface area contributed by atoms with Crippen molar-refractivity contribution in [3.05, 3.63) is 48.3 Å². The van der Waals surface area contributed by atoms with E-state index in [1.807, 2.05) is 49.5 Å². The number of imidazole rings is 1. The lowest BCUT2D eigenvalue weighted by molar-refractivity contribution is 0.340. The van der Waals surface area contributed by atoms with Gasteiger partial charge in [0, 0.05) is 23.7 Å². The Morgan fingerprint density at radius 2 is 2.19 bits per heavy atom. The molecule has 0 spiro atoms. The van der Waals surface area contributed by atoms with Crippen molar-refractivity contribution in [3.8, 4) is 5.75 Å². The Kier molecular flexibility index (Phi) is 4.40. The molecular formula is C16H17N3OS. The van der Waals surface area contributed by atoms with Crippen molar-refractivity contribution < 1.29 is 4.74 Å². The first-order valence-electron chi connectivity index (χ1n) is 7.00. The third kappa shape index (κ3) is 3.55. The number of thioether (sulfide) groups is 1. The maximum absolute atomic E-state index is 5.50. The molecule has 0 radical (unpaired) electrons. The van der Waals surface area contributed by atoms with Crippen LogP contribution in [0, 0.1) is 0 Å². The summed E-state index contributed by atoms with van der Waals surface area (Å²) in [5.41, 5.74) is 3.10. The zero-order valence-corrected chi connectivity index (χ0v) is 12.7. The van der Waals surface area contributed by atoms with Crippen LogP contribution in [0.15, 0.2) is 47.8 Å². The summed E-state index contributed by atoms with van der Waals surface area (Å²) >= 11 is 1.71. The molecule has 0 saturated heterocycles. The van der Waals surface area contributed by atoms with Crippen molar-refractivity contribution in [2.75, 3.05) is 12.4 Å². The fraction of sp³-hybridized carbons (Fsp3) is 0.250. The lowest BCUT2D eigenvalue weighted by atomic mass is 10.3. The molecule has 0 atom stereocenters. The zero-order valence-electron chi connectivity index (χ0n) is 11.9. The quantitative estimate of drug-likeness (QED) is 0.705. The Morgan fingerprint density at radius 3 is 3.00 bits per heavy atom. The van der Waals surface area contributed by atoms with Crippen molar-refractivity contribution >= 4 is 22.8 Å². The Labute approximate surface area is 128 Å². The van der Waals surface area contributed by atoms with Gasteiger partial charge in [0.1, 0.15) is 5.75 Å². The van der Waals surface area contributed by atoms with E-state index in [4.69, 9.17) is 4.74 Å². The number of nitrogens with zero attached hydrogens (tertiary/aromatic N) is 2. The van der Waals surface area contributed by atoms with Crippen molar-refractivity contribution in [2.24, 2.45) is 0 Å². The van der Waals surface area contributed by atoms with E-state index in [-0.39, 0.29) is 0 Å². The third-order valence-corrected chi connectivity index (χ3v) is 3.94. The molecule has 108 valence electrons. The molecule has 0 saturated carbocycles. The van der Waals surface area contributed by atoms with Crippen LogP contribution >= 0.6 is 11.8 Å². The highest BCUT2D eigenvalue weighted by Gasteiger charge is 2.05. The molecular weight excluding hydrogens is 282 g/mol. The van der Waals surface area contributed by atoms with Crippen LogP contribution in [-0.4, -0.2) is 27.3 Å². The lowest BCUT2D eigenvalue weighted by Crippen LogP contribution is -1.91. The topological polar surface area (TPSA) is 50.8 Å². The number of hydrogen-bond acceptors (Lipinski definition) is 4. The Bertz CT molecular complexity index is 712. The van der Waals surface area contributed by atoms with Crippen molar-refractivity contribution in [1.82, 2.24) is 15.0 Å². The van der Waals surface area contributed by atoms with Gasteiger partial charge in [0.05, 0.1) is 17.6 Å². The van der Waals surface area contributed by atoms with Gasteiger partial charge < -0.3 is 9.72 Å². The van der Waals surface area contributed by atoms with E-state index in [0.29, 0.717) is 6.61 Å². The van der Waals surface area contributed by atoms with Crippen LogP contribution in [0.3, 0.4) is 0 Å². The molecule has 2 heterocycles. The molecule has 0 fully saturated rings. The fourth-order valence-electron chi connectivity index (χ4n) is 2.09. The molecule has 0 amide bonds. The highest BCUT2D eigenvalue weighted by Crippen LogP contribution is 2.23. The molecule has 5 heteroatoms. The van der Waals surface area contributed by atoms with Gasteiger partial charge >= 0.3 is 0 Å². The number of H-pyrrole nitrogens is 1. The average molecular weight is 299 g/mol. The summed E-state index contributed by atoms with van der Waals surface area (Å²) in [6, 6.07) is 11.9. The molecule has 2 aromatic heterocycles. The monoisotopic (exact) mass is 299 g/mol. The van der Waals surface area contributed by atoms with Gasteiger partial charge in [0.15, 0.2) is 5.16 Å². The minimum atomic E-state index is 0.672. The predicted molar refractivity (Wildman–Crippen MR) is 85.9 cm³/mol.